The molecule has 4 aliphatic rings. The van der Waals surface area contributed by atoms with Crippen molar-refractivity contribution >= 4 is 18.3 Å². The van der Waals surface area contributed by atoms with E-state index in [1.807, 2.05) is 0 Å². The van der Waals surface area contributed by atoms with Gasteiger partial charge in [-0.15, -0.1) is 12.4 Å². The van der Waals surface area contributed by atoms with Crippen molar-refractivity contribution in [3.8, 4) is 0 Å². The number of hydrogen-bond acceptors (Lipinski definition) is 2. The molecule has 5 rings (SSSR count). The van der Waals surface area contributed by atoms with Crippen LogP contribution in [0.5, 0.6) is 0 Å². The molecule has 2 saturated heterocycles. The van der Waals surface area contributed by atoms with Gasteiger partial charge in [0.1, 0.15) is 0 Å². The van der Waals surface area contributed by atoms with Crippen LogP contribution in [0.4, 0.5) is 0 Å². The lowest BCUT2D eigenvalue weighted by Crippen LogP contribution is -2.48. The zero-order valence-corrected chi connectivity index (χ0v) is 16.7. The van der Waals surface area contributed by atoms with Gasteiger partial charge in [-0.25, -0.2) is 0 Å². The molecule has 0 radical (unpaired) electrons. The molecule has 2 spiro atoms. The minimum Gasteiger partial charge on any atom is -0.342 e. The lowest BCUT2D eigenvalue weighted by Gasteiger charge is -2.42. The molecule has 2 heterocycles. The van der Waals surface area contributed by atoms with E-state index in [4.69, 9.17) is 0 Å². The summed E-state index contributed by atoms with van der Waals surface area (Å²) in [6.45, 7) is 6.33. The number of aryl methyl sites for hydroxylation is 1. The van der Waals surface area contributed by atoms with Crippen LogP contribution in [-0.2, 0) is 16.6 Å². The first-order valence-corrected chi connectivity index (χ1v) is 10.2. The highest BCUT2D eigenvalue weighted by molar-refractivity contribution is 5.87. The van der Waals surface area contributed by atoms with Crippen LogP contribution in [0.1, 0.15) is 56.6 Å². The minimum atomic E-state index is -0.0762. The van der Waals surface area contributed by atoms with Crippen LogP contribution in [0, 0.1) is 10.8 Å². The van der Waals surface area contributed by atoms with Gasteiger partial charge in [0.25, 0.3) is 0 Å². The van der Waals surface area contributed by atoms with Crippen molar-refractivity contribution < 1.29 is 4.79 Å². The molecule has 2 aliphatic carbocycles. The predicted molar refractivity (Wildman–Crippen MR) is 107 cm³/mol. The maximum Gasteiger partial charge on any atom is 0.229 e. The van der Waals surface area contributed by atoms with Crippen LogP contribution in [0.3, 0.4) is 0 Å². The third-order valence-corrected chi connectivity index (χ3v) is 8.24. The summed E-state index contributed by atoms with van der Waals surface area (Å²) < 4.78 is 0. The van der Waals surface area contributed by atoms with Crippen molar-refractivity contribution in [1.29, 1.82) is 0 Å². The molecule has 4 heteroatoms. The minimum absolute atomic E-state index is 0. The first-order valence-electron chi connectivity index (χ1n) is 10.2. The number of likely N-dealkylation sites (tertiary alicyclic amines) is 1. The summed E-state index contributed by atoms with van der Waals surface area (Å²) in [5.74, 6) is 0.454. The standard InChI is InChI=1S/C22H30N2O.ClH/c1-20(16-22(20)8-12-23-13-9-22)19(25)24-14-10-21(11-15-24)7-6-17-4-2-3-5-18(17)21;/h2-5,23H,6-16H2,1H3;1H. The quantitative estimate of drug-likeness (QED) is 0.812. The van der Waals surface area contributed by atoms with Gasteiger partial charge in [0.15, 0.2) is 0 Å². The Morgan fingerprint density at radius 3 is 2.46 bits per heavy atom. The first-order chi connectivity index (χ1) is 12.1. The SMILES string of the molecule is CC1(C(=O)N2CCC3(CCc4ccccc43)CC2)CC12CCNCC2.Cl. The molecule has 1 aromatic carbocycles. The smallest absolute Gasteiger partial charge is 0.229 e. The zero-order chi connectivity index (χ0) is 17.1. The molecule has 1 saturated carbocycles. The van der Waals surface area contributed by atoms with E-state index in [9.17, 15) is 4.79 Å². The molecular weight excluding hydrogens is 344 g/mol. The molecule has 3 nitrogen and oxygen atoms in total. The fourth-order valence-corrected chi connectivity index (χ4v) is 6.34. The zero-order valence-electron chi connectivity index (χ0n) is 15.9. The molecule has 142 valence electrons. The Kier molecular flexibility index (Phi) is 4.39. The summed E-state index contributed by atoms with van der Waals surface area (Å²) in [5, 5.41) is 3.45. The largest absolute Gasteiger partial charge is 0.342 e. The highest BCUT2D eigenvalue weighted by Crippen LogP contribution is 2.69. The lowest BCUT2D eigenvalue weighted by atomic mass is 9.73. The molecule has 26 heavy (non-hydrogen) atoms. The van der Waals surface area contributed by atoms with Crippen molar-refractivity contribution in [3.63, 3.8) is 0 Å². The van der Waals surface area contributed by atoms with E-state index in [0.29, 0.717) is 16.7 Å². The Balaban J connectivity index is 0.00000168. The second-order valence-corrected chi connectivity index (χ2v) is 9.27. The summed E-state index contributed by atoms with van der Waals surface area (Å²) in [5.41, 5.74) is 3.71. The van der Waals surface area contributed by atoms with Gasteiger partial charge in [0.2, 0.25) is 5.91 Å². The van der Waals surface area contributed by atoms with Crippen LogP contribution in [0.15, 0.2) is 24.3 Å². The summed E-state index contributed by atoms with van der Waals surface area (Å²) in [4.78, 5) is 15.5. The van der Waals surface area contributed by atoms with Crippen LogP contribution in [0.2, 0.25) is 0 Å². The van der Waals surface area contributed by atoms with Crippen molar-refractivity contribution in [2.24, 2.45) is 10.8 Å². The third kappa shape index (κ3) is 2.46. The number of piperidine rings is 2. The highest BCUT2D eigenvalue weighted by Gasteiger charge is 2.68. The van der Waals surface area contributed by atoms with Crippen molar-refractivity contribution in [2.75, 3.05) is 26.2 Å². The number of fused-ring (bicyclic) bond motifs is 2. The lowest BCUT2D eigenvalue weighted by molar-refractivity contribution is -0.139. The monoisotopic (exact) mass is 374 g/mol. The molecule has 1 aromatic rings. The molecule has 1 atom stereocenters. The van der Waals surface area contributed by atoms with E-state index in [0.717, 1.165) is 45.4 Å². The van der Waals surface area contributed by atoms with Gasteiger partial charge in [0, 0.05) is 13.1 Å². The fraction of sp³-hybridized carbons (Fsp3) is 0.682. The van der Waals surface area contributed by atoms with Crippen LogP contribution < -0.4 is 5.32 Å². The highest BCUT2D eigenvalue weighted by atomic mass is 35.5. The molecule has 0 aromatic heterocycles. The molecule has 0 bridgehead atoms. The third-order valence-electron chi connectivity index (χ3n) is 8.24. The van der Waals surface area contributed by atoms with E-state index in [1.54, 1.807) is 11.1 Å². The second kappa shape index (κ2) is 6.24. The summed E-state index contributed by atoms with van der Waals surface area (Å²) >= 11 is 0. The Morgan fingerprint density at radius 2 is 1.73 bits per heavy atom. The molecular formula is C22H31ClN2O. The van der Waals surface area contributed by atoms with E-state index < -0.39 is 0 Å². The Morgan fingerprint density at radius 1 is 1.04 bits per heavy atom. The van der Waals surface area contributed by atoms with Crippen LogP contribution in [-0.4, -0.2) is 37.0 Å². The van der Waals surface area contributed by atoms with Gasteiger partial charge >= 0.3 is 0 Å². The maximum atomic E-state index is 13.3. The number of amides is 1. The van der Waals surface area contributed by atoms with E-state index >= 15 is 0 Å². The van der Waals surface area contributed by atoms with Gasteiger partial charge in [-0.05, 0) is 80.0 Å². The number of carbonyl (C=O) groups is 1. The molecule has 2 aliphatic heterocycles. The van der Waals surface area contributed by atoms with E-state index in [2.05, 4.69) is 41.4 Å². The number of nitrogens with one attached hydrogen (secondary N) is 1. The van der Waals surface area contributed by atoms with Crippen LogP contribution >= 0.6 is 12.4 Å². The van der Waals surface area contributed by atoms with E-state index in [1.165, 1.54) is 25.7 Å². The molecule has 1 unspecified atom stereocenters. The first kappa shape index (κ1) is 18.3. The summed E-state index contributed by atoms with van der Waals surface area (Å²) in [7, 11) is 0. The molecule has 3 fully saturated rings. The summed E-state index contributed by atoms with van der Waals surface area (Å²) in [6, 6.07) is 9.00. The Hall–Kier alpha value is -1.06. The van der Waals surface area contributed by atoms with Gasteiger partial charge in [-0.3, -0.25) is 4.79 Å². The van der Waals surface area contributed by atoms with Crippen LogP contribution in [0.25, 0.3) is 0 Å². The maximum absolute atomic E-state index is 13.3. The Bertz CT molecular complexity index is 704. The average molecular weight is 375 g/mol. The molecule has 1 amide bonds. The predicted octanol–water partition coefficient (Wildman–Crippen LogP) is 3.69. The summed E-state index contributed by atoms with van der Waals surface area (Å²) in [6.07, 6.45) is 8.28. The fourth-order valence-electron chi connectivity index (χ4n) is 6.34. The average Bonchev–Trinajstić information content (AvgIpc) is 3.06. The van der Waals surface area contributed by atoms with Gasteiger partial charge in [-0.1, -0.05) is 31.2 Å². The van der Waals surface area contributed by atoms with Crippen molar-refractivity contribution in [3.05, 3.63) is 35.4 Å². The number of carbonyl (C=O) groups excluding carboxylic acids is 1. The molecule has 1 N–H and O–H groups in total. The van der Waals surface area contributed by atoms with Crippen molar-refractivity contribution in [1.82, 2.24) is 10.2 Å². The van der Waals surface area contributed by atoms with Crippen molar-refractivity contribution in [2.45, 2.75) is 57.3 Å². The number of nitrogens with zero attached hydrogens (tertiary/aromatic N) is 1. The topological polar surface area (TPSA) is 32.3 Å². The van der Waals surface area contributed by atoms with Gasteiger partial charge in [-0.2, -0.15) is 0 Å². The van der Waals surface area contributed by atoms with Gasteiger partial charge < -0.3 is 10.2 Å². The Labute approximate surface area is 163 Å². The second-order valence-electron chi connectivity index (χ2n) is 9.27. The number of hydrogen-bond donors (Lipinski definition) is 1. The number of halogens is 1. The number of benzene rings is 1. The van der Waals surface area contributed by atoms with Gasteiger partial charge in [0.05, 0.1) is 5.41 Å². The number of rotatable bonds is 1. The normalized spacial score (nSPS) is 30.7. The van der Waals surface area contributed by atoms with E-state index in [-0.39, 0.29) is 17.8 Å².